The zero-order chi connectivity index (χ0) is 14.6. The Morgan fingerprint density at radius 3 is 2.68 bits per heavy atom. The molecule has 0 amide bonds. The monoisotopic (exact) mass is 309 g/mol. The lowest BCUT2D eigenvalue weighted by Gasteiger charge is -2.14. The molecule has 0 saturated heterocycles. The predicted octanol–water partition coefficient (Wildman–Crippen LogP) is 0.942. The Balaban J connectivity index is 3.00. The Kier molecular flexibility index (Phi) is 5.23. The van der Waals surface area contributed by atoms with Crippen LogP contribution >= 0.6 is 11.3 Å². The maximum atomic E-state index is 12.0. The topological polar surface area (TPSA) is 125 Å². The van der Waals surface area contributed by atoms with Gasteiger partial charge in [-0.3, -0.25) is 10.1 Å². The molecule has 1 atom stereocenters. The molecule has 0 saturated carbocycles. The molecule has 1 aromatic rings. The first-order chi connectivity index (χ1) is 8.81. The fourth-order valence-corrected chi connectivity index (χ4v) is 3.90. The van der Waals surface area contributed by atoms with E-state index >= 15 is 0 Å². The standard InChI is InChI=1S/C9H15N3O5S2/c1-3-6(5-17-2)11-19(15,16)8-4-7(12(13)14)9(10)18-8/h4,6,11H,3,5,10H2,1-2H3. The van der Waals surface area contributed by atoms with Gasteiger partial charge in [-0.15, -0.1) is 0 Å². The number of anilines is 1. The molecule has 8 nitrogen and oxygen atoms in total. The summed E-state index contributed by atoms with van der Waals surface area (Å²) in [5.74, 6) is 0. The third-order valence-corrected chi connectivity index (χ3v) is 5.31. The molecule has 19 heavy (non-hydrogen) atoms. The predicted molar refractivity (Wildman–Crippen MR) is 71.7 cm³/mol. The van der Waals surface area contributed by atoms with Gasteiger partial charge in [-0.05, 0) is 6.42 Å². The van der Waals surface area contributed by atoms with Crippen LogP contribution in [0.1, 0.15) is 13.3 Å². The molecule has 108 valence electrons. The van der Waals surface area contributed by atoms with Gasteiger partial charge < -0.3 is 10.5 Å². The third-order valence-electron chi connectivity index (χ3n) is 2.36. The van der Waals surface area contributed by atoms with E-state index in [-0.39, 0.29) is 15.8 Å². The fraction of sp³-hybridized carbons (Fsp3) is 0.556. The van der Waals surface area contributed by atoms with Crippen molar-refractivity contribution in [1.82, 2.24) is 4.72 Å². The number of thiophene rings is 1. The molecule has 0 radical (unpaired) electrons. The van der Waals surface area contributed by atoms with Crippen molar-refractivity contribution in [3.63, 3.8) is 0 Å². The highest BCUT2D eigenvalue weighted by molar-refractivity contribution is 7.91. The molecular formula is C9H15N3O5S2. The van der Waals surface area contributed by atoms with E-state index < -0.39 is 26.7 Å². The number of hydrogen-bond acceptors (Lipinski definition) is 7. The smallest absolute Gasteiger partial charge is 0.304 e. The first-order valence-electron chi connectivity index (χ1n) is 5.36. The van der Waals surface area contributed by atoms with Gasteiger partial charge in [0, 0.05) is 19.2 Å². The van der Waals surface area contributed by atoms with Crippen LogP contribution in [0, 0.1) is 10.1 Å². The minimum Gasteiger partial charge on any atom is -0.385 e. The molecule has 10 heteroatoms. The lowest BCUT2D eigenvalue weighted by Crippen LogP contribution is -2.37. The lowest BCUT2D eigenvalue weighted by molar-refractivity contribution is -0.383. The van der Waals surface area contributed by atoms with E-state index in [9.17, 15) is 18.5 Å². The second-order valence-electron chi connectivity index (χ2n) is 3.75. The summed E-state index contributed by atoms with van der Waals surface area (Å²) in [4.78, 5) is 9.93. The van der Waals surface area contributed by atoms with Crippen LogP contribution in [0.15, 0.2) is 10.3 Å². The number of nitro groups is 1. The van der Waals surface area contributed by atoms with Gasteiger partial charge in [-0.2, -0.15) is 0 Å². The molecular weight excluding hydrogens is 294 g/mol. The van der Waals surface area contributed by atoms with Crippen LogP contribution in [0.3, 0.4) is 0 Å². The van der Waals surface area contributed by atoms with Gasteiger partial charge in [0.1, 0.15) is 4.21 Å². The van der Waals surface area contributed by atoms with Gasteiger partial charge in [0.15, 0.2) is 5.00 Å². The molecule has 1 heterocycles. The van der Waals surface area contributed by atoms with Gasteiger partial charge in [0.05, 0.1) is 11.5 Å². The van der Waals surface area contributed by atoms with E-state index in [0.29, 0.717) is 17.8 Å². The third kappa shape index (κ3) is 3.86. The summed E-state index contributed by atoms with van der Waals surface area (Å²) in [6.07, 6.45) is 0.538. The first-order valence-corrected chi connectivity index (χ1v) is 7.66. The van der Waals surface area contributed by atoms with Gasteiger partial charge in [-0.25, -0.2) is 13.1 Å². The largest absolute Gasteiger partial charge is 0.385 e. The first kappa shape index (κ1) is 15.8. The molecule has 0 bridgehead atoms. The van der Waals surface area contributed by atoms with E-state index in [4.69, 9.17) is 10.5 Å². The number of ether oxygens (including phenoxy) is 1. The van der Waals surface area contributed by atoms with Gasteiger partial charge >= 0.3 is 5.69 Å². The Morgan fingerprint density at radius 1 is 1.63 bits per heavy atom. The number of rotatable bonds is 7. The minimum atomic E-state index is -3.82. The summed E-state index contributed by atoms with van der Waals surface area (Å²) in [5, 5.41) is 10.5. The van der Waals surface area contributed by atoms with Crippen molar-refractivity contribution in [1.29, 1.82) is 0 Å². The van der Waals surface area contributed by atoms with E-state index in [1.54, 1.807) is 6.92 Å². The fourth-order valence-electron chi connectivity index (χ4n) is 1.36. The van der Waals surface area contributed by atoms with Crippen molar-refractivity contribution in [3.05, 3.63) is 16.2 Å². The highest BCUT2D eigenvalue weighted by Crippen LogP contribution is 2.34. The van der Waals surface area contributed by atoms with Crippen LogP contribution in [0.2, 0.25) is 0 Å². The Morgan fingerprint density at radius 2 is 2.26 bits per heavy atom. The number of nitrogen functional groups attached to an aromatic ring is 1. The Labute approximate surface area is 114 Å². The van der Waals surface area contributed by atoms with Crippen molar-refractivity contribution in [2.75, 3.05) is 19.5 Å². The van der Waals surface area contributed by atoms with Crippen LogP contribution in [-0.2, 0) is 14.8 Å². The molecule has 1 unspecified atom stereocenters. The normalized spacial score (nSPS) is 13.4. The molecule has 0 aliphatic rings. The van der Waals surface area contributed by atoms with Crippen molar-refractivity contribution in [3.8, 4) is 0 Å². The summed E-state index contributed by atoms with van der Waals surface area (Å²) >= 11 is 0.665. The summed E-state index contributed by atoms with van der Waals surface area (Å²) in [6, 6.07) is 0.569. The molecule has 0 fully saturated rings. The van der Waals surface area contributed by atoms with Crippen LogP contribution in [0.5, 0.6) is 0 Å². The average molecular weight is 309 g/mol. The van der Waals surface area contributed by atoms with E-state index in [1.165, 1.54) is 7.11 Å². The van der Waals surface area contributed by atoms with Crippen molar-refractivity contribution in [2.24, 2.45) is 0 Å². The van der Waals surface area contributed by atoms with Gasteiger partial charge in [0.2, 0.25) is 0 Å². The summed E-state index contributed by atoms with van der Waals surface area (Å²) in [7, 11) is -2.36. The summed E-state index contributed by atoms with van der Waals surface area (Å²) < 4.78 is 31.2. The van der Waals surface area contributed by atoms with Crippen molar-refractivity contribution >= 4 is 32.0 Å². The number of nitrogens with one attached hydrogen (secondary N) is 1. The lowest BCUT2D eigenvalue weighted by atomic mass is 10.3. The minimum absolute atomic E-state index is 0.134. The highest BCUT2D eigenvalue weighted by atomic mass is 32.2. The Hall–Kier alpha value is -1.23. The van der Waals surface area contributed by atoms with Crippen molar-refractivity contribution < 1.29 is 18.1 Å². The number of sulfonamides is 1. The summed E-state index contributed by atoms with van der Waals surface area (Å²) in [5.41, 5.74) is 5.02. The number of methoxy groups -OCH3 is 1. The van der Waals surface area contributed by atoms with Crippen LogP contribution in [0.25, 0.3) is 0 Å². The zero-order valence-corrected chi connectivity index (χ0v) is 12.1. The average Bonchev–Trinajstić information content (AvgIpc) is 2.71. The molecule has 3 N–H and O–H groups in total. The van der Waals surface area contributed by atoms with Crippen LogP contribution in [0.4, 0.5) is 10.7 Å². The highest BCUT2D eigenvalue weighted by Gasteiger charge is 2.26. The van der Waals surface area contributed by atoms with Crippen molar-refractivity contribution in [2.45, 2.75) is 23.6 Å². The number of nitrogens with zero attached hydrogens (tertiary/aromatic N) is 1. The molecule has 0 aliphatic heterocycles. The quantitative estimate of drug-likeness (QED) is 0.570. The van der Waals surface area contributed by atoms with Gasteiger partial charge in [-0.1, -0.05) is 18.3 Å². The molecule has 0 aromatic carbocycles. The molecule has 1 rings (SSSR count). The maximum Gasteiger partial charge on any atom is 0.304 e. The SMILES string of the molecule is CCC(COC)NS(=O)(=O)c1cc([N+](=O)[O-])c(N)s1. The van der Waals surface area contributed by atoms with Gasteiger partial charge in [0.25, 0.3) is 10.0 Å². The van der Waals surface area contributed by atoms with E-state index in [2.05, 4.69) is 4.72 Å². The summed E-state index contributed by atoms with van der Waals surface area (Å²) in [6.45, 7) is 2.02. The molecule has 0 aliphatic carbocycles. The van der Waals surface area contributed by atoms with E-state index in [0.717, 1.165) is 6.07 Å². The second-order valence-corrected chi connectivity index (χ2v) is 6.78. The Bertz CT molecular complexity index is 554. The maximum absolute atomic E-state index is 12.0. The number of hydrogen-bond donors (Lipinski definition) is 2. The van der Waals surface area contributed by atoms with E-state index in [1.807, 2.05) is 0 Å². The zero-order valence-electron chi connectivity index (χ0n) is 10.5. The second kappa shape index (κ2) is 6.28. The van der Waals surface area contributed by atoms with Crippen LogP contribution in [-0.4, -0.2) is 33.1 Å². The molecule has 1 aromatic heterocycles. The number of nitrogens with two attached hydrogens (primary N) is 1. The van der Waals surface area contributed by atoms with Crippen LogP contribution < -0.4 is 10.5 Å². The molecule has 0 spiro atoms.